The van der Waals surface area contributed by atoms with Crippen molar-refractivity contribution >= 4 is 0 Å². The van der Waals surface area contributed by atoms with Crippen molar-refractivity contribution in [2.45, 2.75) is 12.0 Å². The summed E-state index contributed by atoms with van der Waals surface area (Å²) in [6, 6.07) is 7.84. The molecule has 7 heteroatoms. The average molecular weight is 428 g/mol. The molecule has 1 aliphatic carbocycles. The van der Waals surface area contributed by atoms with Gasteiger partial charge >= 0.3 is 0 Å². The van der Waals surface area contributed by atoms with Crippen LogP contribution in [0.4, 0.5) is 0 Å². The highest BCUT2D eigenvalue weighted by Crippen LogP contribution is 2.54. The highest BCUT2D eigenvalue weighted by molar-refractivity contribution is 5.59. The van der Waals surface area contributed by atoms with Gasteiger partial charge in [0.05, 0.1) is 27.4 Å². The molecule has 0 bridgehead atoms. The van der Waals surface area contributed by atoms with Gasteiger partial charge in [0.15, 0.2) is 23.0 Å². The molecule has 0 aromatic heterocycles. The van der Waals surface area contributed by atoms with Crippen LogP contribution >= 0.6 is 0 Å². The van der Waals surface area contributed by atoms with Crippen molar-refractivity contribution in [3.8, 4) is 28.7 Å². The number of allylic oxidation sites excluding steroid dienone is 1. The Balaban J connectivity index is 1.97. The molecule has 4 rings (SSSR count). The second-order valence-corrected chi connectivity index (χ2v) is 7.59. The summed E-state index contributed by atoms with van der Waals surface area (Å²) < 4.78 is 33.8. The maximum atomic E-state index is 10.3. The monoisotopic (exact) mass is 428 g/mol. The first-order valence-corrected chi connectivity index (χ1v) is 10.1. The van der Waals surface area contributed by atoms with E-state index in [0.29, 0.717) is 28.7 Å². The van der Waals surface area contributed by atoms with Gasteiger partial charge in [-0.3, -0.25) is 0 Å². The topological polar surface area (TPSA) is 75.6 Å². The number of methoxy groups -OCH3 is 4. The molecule has 0 radical (unpaired) electrons. The number of hydrogen-bond donors (Lipinski definition) is 1. The van der Waals surface area contributed by atoms with Crippen molar-refractivity contribution < 1.29 is 33.5 Å². The van der Waals surface area contributed by atoms with Gasteiger partial charge < -0.3 is 33.5 Å². The Hall–Kier alpha value is -2.90. The first-order chi connectivity index (χ1) is 15.1. The van der Waals surface area contributed by atoms with Crippen molar-refractivity contribution in [1.82, 2.24) is 0 Å². The quantitative estimate of drug-likeness (QED) is 0.674. The van der Waals surface area contributed by atoms with Gasteiger partial charge in [0, 0.05) is 25.6 Å². The zero-order valence-corrected chi connectivity index (χ0v) is 18.2. The lowest BCUT2D eigenvalue weighted by molar-refractivity contribution is -0.00537. The molecule has 1 N–H and O–H groups in total. The van der Waals surface area contributed by atoms with Crippen LogP contribution in [-0.4, -0.2) is 46.9 Å². The predicted octanol–water partition coefficient (Wildman–Crippen LogP) is 3.68. The Kier molecular flexibility index (Phi) is 5.98. The largest absolute Gasteiger partial charge is 0.493 e. The van der Waals surface area contributed by atoms with Crippen LogP contribution < -0.4 is 23.7 Å². The molecule has 7 nitrogen and oxygen atoms in total. The Morgan fingerprint density at radius 1 is 0.968 bits per heavy atom. The number of ether oxygens (including phenoxy) is 6. The van der Waals surface area contributed by atoms with E-state index >= 15 is 0 Å². The lowest BCUT2D eigenvalue weighted by Crippen LogP contribution is -2.35. The number of rotatable bonds is 7. The summed E-state index contributed by atoms with van der Waals surface area (Å²) in [4.78, 5) is 0. The van der Waals surface area contributed by atoms with Gasteiger partial charge in [-0.05, 0) is 46.9 Å². The van der Waals surface area contributed by atoms with Crippen molar-refractivity contribution in [3.63, 3.8) is 0 Å². The third-order valence-corrected chi connectivity index (χ3v) is 6.27. The Morgan fingerprint density at radius 3 is 2.06 bits per heavy atom. The summed E-state index contributed by atoms with van der Waals surface area (Å²) in [5.74, 6) is 2.59. The maximum Gasteiger partial charge on any atom is 0.231 e. The average Bonchev–Trinajstić information content (AvgIpc) is 3.27. The SMILES string of the molecule is C=C[C@H]1[C@H](c2cc(OC)c(OC)c(OC)c2)c2cc3c(cc2[C@H](OC)[C@H]1CO)OCO3. The fourth-order valence-corrected chi connectivity index (χ4v) is 4.89. The summed E-state index contributed by atoms with van der Waals surface area (Å²) in [6.45, 7) is 4.21. The van der Waals surface area contributed by atoms with E-state index in [1.54, 1.807) is 28.4 Å². The summed E-state index contributed by atoms with van der Waals surface area (Å²) in [5, 5.41) is 10.3. The van der Waals surface area contributed by atoms with E-state index in [1.807, 2.05) is 30.3 Å². The summed E-state index contributed by atoms with van der Waals surface area (Å²) >= 11 is 0. The van der Waals surface area contributed by atoms with Gasteiger partial charge in [-0.1, -0.05) is 6.08 Å². The van der Waals surface area contributed by atoms with Gasteiger partial charge in [-0.15, -0.1) is 6.58 Å². The van der Waals surface area contributed by atoms with Crippen molar-refractivity contribution in [2.24, 2.45) is 11.8 Å². The molecule has 0 amide bonds. The molecule has 31 heavy (non-hydrogen) atoms. The van der Waals surface area contributed by atoms with Gasteiger partial charge in [-0.2, -0.15) is 0 Å². The standard InChI is InChI=1S/C24H28O7/c1-6-14-17(11-25)23(28-4)16-10-19-18(30-12-31-19)9-15(16)22(14)13-7-20(26-2)24(29-5)21(8-13)27-3/h6-10,14,17,22-23,25H,1,11-12H2,2-5H3/t14-,17+,22+,23+/m1/s1. The molecule has 166 valence electrons. The fraction of sp³-hybridized carbons (Fsp3) is 0.417. The zero-order chi connectivity index (χ0) is 22.1. The molecule has 1 heterocycles. The summed E-state index contributed by atoms with van der Waals surface area (Å²) in [7, 11) is 6.42. The minimum Gasteiger partial charge on any atom is -0.493 e. The first kappa shape index (κ1) is 21.3. The van der Waals surface area contributed by atoms with E-state index in [9.17, 15) is 5.11 Å². The lowest BCUT2D eigenvalue weighted by Gasteiger charge is -2.42. The van der Waals surface area contributed by atoms with Gasteiger partial charge in [0.25, 0.3) is 0 Å². The van der Waals surface area contributed by atoms with Crippen LogP contribution in [0.25, 0.3) is 0 Å². The van der Waals surface area contributed by atoms with E-state index in [1.165, 1.54) is 0 Å². The Morgan fingerprint density at radius 2 is 1.58 bits per heavy atom. The number of aliphatic hydroxyl groups is 1. The van der Waals surface area contributed by atoms with E-state index in [2.05, 4.69) is 6.58 Å². The molecule has 0 saturated heterocycles. The van der Waals surface area contributed by atoms with Crippen molar-refractivity contribution in [1.29, 1.82) is 0 Å². The molecule has 0 unspecified atom stereocenters. The molecule has 2 aromatic carbocycles. The van der Waals surface area contributed by atoms with Crippen LogP contribution in [0.5, 0.6) is 28.7 Å². The molecule has 1 aliphatic heterocycles. The van der Waals surface area contributed by atoms with Gasteiger partial charge in [0.2, 0.25) is 12.5 Å². The number of benzene rings is 2. The minimum absolute atomic E-state index is 0.0516. The van der Waals surface area contributed by atoms with Crippen LogP contribution in [0, 0.1) is 11.8 Å². The fourth-order valence-electron chi connectivity index (χ4n) is 4.89. The summed E-state index contributed by atoms with van der Waals surface area (Å²) in [5.41, 5.74) is 2.94. The van der Waals surface area contributed by atoms with Gasteiger partial charge in [0.1, 0.15) is 0 Å². The lowest BCUT2D eigenvalue weighted by atomic mass is 9.65. The highest BCUT2D eigenvalue weighted by atomic mass is 16.7. The smallest absolute Gasteiger partial charge is 0.231 e. The zero-order valence-electron chi connectivity index (χ0n) is 18.2. The van der Waals surface area contributed by atoms with E-state index in [-0.39, 0.29) is 37.3 Å². The number of hydrogen-bond acceptors (Lipinski definition) is 7. The molecular weight excluding hydrogens is 400 g/mol. The van der Waals surface area contributed by atoms with Crippen molar-refractivity contribution in [2.75, 3.05) is 41.8 Å². The number of aliphatic hydroxyl groups excluding tert-OH is 1. The summed E-state index contributed by atoms with van der Waals surface area (Å²) in [6.07, 6.45) is 1.57. The van der Waals surface area contributed by atoms with Crippen LogP contribution in [0.2, 0.25) is 0 Å². The highest BCUT2D eigenvalue weighted by Gasteiger charge is 2.43. The molecule has 2 aliphatic rings. The first-order valence-electron chi connectivity index (χ1n) is 10.1. The molecule has 4 atom stereocenters. The molecule has 0 spiro atoms. The second kappa shape index (κ2) is 8.69. The predicted molar refractivity (Wildman–Crippen MR) is 115 cm³/mol. The van der Waals surface area contributed by atoms with Crippen LogP contribution in [0.3, 0.4) is 0 Å². The minimum atomic E-state index is -0.309. The van der Waals surface area contributed by atoms with Crippen LogP contribution in [-0.2, 0) is 4.74 Å². The maximum absolute atomic E-state index is 10.3. The molecule has 2 aromatic rings. The normalized spacial score (nSPS) is 23.8. The van der Waals surface area contributed by atoms with Crippen LogP contribution in [0.1, 0.15) is 28.7 Å². The Bertz CT molecular complexity index is 946. The van der Waals surface area contributed by atoms with Crippen molar-refractivity contribution in [3.05, 3.63) is 53.6 Å². The van der Waals surface area contributed by atoms with Crippen LogP contribution in [0.15, 0.2) is 36.9 Å². The van der Waals surface area contributed by atoms with E-state index < -0.39 is 0 Å². The molecular formula is C24H28O7. The Labute approximate surface area is 182 Å². The molecule has 0 saturated carbocycles. The van der Waals surface area contributed by atoms with Gasteiger partial charge in [-0.25, -0.2) is 0 Å². The third kappa shape index (κ3) is 3.38. The molecule has 0 fully saturated rings. The number of fused-ring (bicyclic) bond motifs is 2. The third-order valence-electron chi connectivity index (χ3n) is 6.27. The van der Waals surface area contributed by atoms with E-state index in [0.717, 1.165) is 16.7 Å². The van der Waals surface area contributed by atoms with E-state index in [4.69, 9.17) is 28.4 Å². The second-order valence-electron chi connectivity index (χ2n) is 7.59.